The highest BCUT2D eigenvalue weighted by Gasteiger charge is 2.15. The minimum atomic E-state index is 0.322. The molecular weight excluding hydrogens is 200 g/mol. The van der Waals surface area contributed by atoms with Gasteiger partial charge in [0.1, 0.15) is 5.75 Å². The van der Waals surface area contributed by atoms with Gasteiger partial charge in [0.2, 0.25) is 0 Å². The van der Waals surface area contributed by atoms with Crippen molar-refractivity contribution in [1.82, 2.24) is 0 Å². The average Bonchev–Trinajstić information content (AvgIpc) is 2.24. The molecule has 5 N–H and O–H groups in total. The van der Waals surface area contributed by atoms with E-state index >= 15 is 0 Å². The lowest BCUT2D eigenvalue weighted by atomic mass is 9.87. The van der Waals surface area contributed by atoms with Gasteiger partial charge in [0.05, 0.1) is 0 Å². The fourth-order valence-electron chi connectivity index (χ4n) is 1.98. The second kappa shape index (κ2) is 5.87. The van der Waals surface area contributed by atoms with Gasteiger partial charge in [-0.05, 0) is 61.5 Å². The van der Waals surface area contributed by atoms with Crippen molar-refractivity contribution in [1.29, 1.82) is 0 Å². The van der Waals surface area contributed by atoms with Crippen LogP contribution in [0.15, 0.2) is 18.2 Å². The van der Waals surface area contributed by atoms with Crippen molar-refractivity contribution >= 4 is 0 Å². The third kappa shape index (κ3) is 3.22. The Balaban J connectivity index is 2.72. The number of rotatable bonds is 5. The minimum Gasteiger partial charge on any atom is -0.508 e. The number of phenolic OH excluding ortho intramolecular Hbond substituents is 1. The molecule has 0 fully saturated rings. The van der Waals surface area contributed by atoms with Crippen LogP contribution in [0.25, 0.3) is 0 Å². The molecule has 0 radical (unpaired) electrons. The number of benzene rings is 1. The van der Waals surface area contributed by atoms with Gasteiger partial charge in [0, 0.05) is 0 Å². The van der Waals surface area contributed by atoms with Gasteiger partial charge in [-0.25, -0.2) is 0 Å². The largest absolute Gasteiger partial charge is 0.508 e. The third-order valence-electron chi connectivity index (χ3n) is 3.28. The Bertz CT molecular complexity index is 335. The summed E-state index contributed by atoms with van der Waals surface area (Å²) in [7, 11) is 0. The van der Waals surface area contributed by atoms with E-state index < -0.39 is 0 Å². The fourth-order valence-corrected chi connectivity index (χ4v) is 1.98. The summed E-state index contributed by atoms with van der Waals surface area (Å²) in [5.41, 5.74) is 13.7. The highest BCUT2D eigenvalue weighted by atomic mass is 16.3. The van der Waals surface area contributed by atoms with Crippen molar-refractivity contribution in [2.24, 2.45) is 23.3 Å². The van der Waals surface area contributed by atoms with Crippen molar-refractivity contribution in [3.05, 3.63) is 29.3 Å². The van der Waals surface area contributed by atoms with E-state index in [-0.39, 0.29) is 0 Å². The molecule has 3 nitrogen and oxygen atoms in total. The van der Waals surface area contributed by atoms with Crippen molar-refractivity contribution in [3.63, 3.8) is 0 Å². The van der Waals surface area contributed by atoms with Gasteiger partial charge >= 0.3 is 0 Å². The van der Waals surface area contributed by atoms with Crippen molar-refractivity contribution in [2.75, 3.05) is 13.1 Å². The Morgan fingerprint density at radius 1 is 1.25 bits per heavy atom. The number of nitrogens with two attached hydrogens (primary N) is 2. The monoisotopic (exact) mass is 222 g/mol. The first-order valence-electron chi connectivity index (χ1n) is 5.77. The maximum absolute atomic E-state index is 9.33. The van der Waals surface area contributed by atoms with Crippen LogP contribution in [-0.2, 0) is 6.42 Å². The Morgan fingerprint density at radius 3 is 2.38 bits per heavy atom. The van der Waals surface area contributed by atoms with E-state index in [9.17, 15) is 5.11 Å². The first-order valence-corrected chi connectivity index (χ1v) is 5.77. The smallest absolute Gasteiger partial charge is 0.115 e. The SMILES string of the molecule is Cc1cc(O)ccc1CC(C)C(CN)CN. The van der Waals surface area contributed by atoms with E-state index in [4.69, 9.17) is 11.5 Å². The number of hydrogen-bond acceptors (Lipinski definition) is 3. The van der Waals surface area contributed by atoms with Crippen LogP contribution in [-0.4, -0.2) is 18.2 Å². The zero-order chi connectivity index (χ0) is 12.1. The predicted molar refractivity (Wildman–Crippen MR) is 67.3 cm³/mol. The summed E-state index contributed by atoms with van der Waals surface area (Å²) < 4.78 is 0. The molecule has 0 aromatic heterocycles. The Kier molecular flexibility index (Phi) is 4.77. The lowest BCUT2D eigenvalue weighted by Gasteiger charge is -2.21. The molecule has 0 aliphatic rings. The first kappa shape index (κ1) is 13.0. The third-order valence-corrected chi connectivity index (χ3v) is 3.28. The predicted octanol–water partition coefficient (Wildman–Crippen LogP) is 1.41. The van der Waals surface area contributed by atoms with Gasteiger partial charge in [-0.3, -0.25) is 0 Å². The van der Waals surface area contributed by atoms with Crippen molar-refractivity contribution in [3.8, 4) is 5.75 Å². The molecule has 0 saturated carbocycles. The zero-order valence-corrected chi connectivity index (χ0v) is 10.1. The second-order valence-corrected chi connectivity index (χ2v) is 4.52. The van der Waals surface area contributed by atoms with Crippen LogP contribution < -0.4 is 11.5 Å². The van der Waals surface area contributed by atoms with E-state index in [2.05, 4.69) is 6.92 Å². The van der Waals surface area contributed by atoms with Crippen LogP contribution in [0.3, 0.4) is 0 Å². The molecule has 0 bridgehead atoms. The molecule has 0 aliphatic heterocycles. The molecule has 3 heteroatoms. The van der Waals surface area contributed by atoms with Crippen LogP contribution in [0.4, 0.5) is 0 Å². The number of hydrogen-bond donors (Lipinski definition) is 3. The topological polar surface area (TPSA) is 72.3 Å². The van der Waals surface area contributed by atoms with Crippen molar-refractivity contribution in [2.45, 2.75) is 20.3 Å². The Hall–Kier alpha value is -1.06. The first-order chi connectivity index (χ1) is 7.58. The molecule has 0 aliphatic carbocycles. The Labute approximate surface area is 97.5 Å². The summed E-state index contributed by atoms with van der Waals surface area (Å²) in [4.78, 5) is 0. The highest BCUT2D eigenvalue weighted by molar-refractivity contribution is 5.34. The maximum atomic E-state index is 9.33. The van der Waals surface area contributed by atoms with E-state index in [1.807, 2.05) is 13.0 Å². The summed E-state index contributed by atoms with van der Waals surface area (Å²) in [5, 5.41) is 9.33. The normalized spacial score (nSPS) is 13.1. The van der Waals surface area contributed by atoms with Gasteiger partial charge in [0.15, 0.2) is 0 Å². The van der Waals surface area contributed by atoms with Gasteiger partial charge in [-0.15, -0.1) is 0 Å². The molecule has 90 valence electrons. The molecular formula is C13H22N2O. The lowest BCUT2D eigenvalue weighted by Crippen LogP contribution is -2.30. The molecule has 1 unspecified atom stereocenters. The average molecular weight is 222 g/mol. The summed E-state index contributed by atoms with van der Waals surface area (Å²) in [6, 6.07) is 5.50. The summed E-state index contributed by atoms with van der Waals surface area (Å²) >= 11 is 0. The summed E-state index contributed by atoms with van der Waals surface area (Å²) in [5.74, 6) is 1.16. The molecule has 1 rings (SSSR count). The van der Waals surface area contributed by atoms with Gasteiger partial charge < -0.3 is 16.6 Å². The van der Waals surface area contributed by atoms with Crippen LogP contribution in [0.2, 0.25) is 0 Å². The molecule has 16 heavy (non-hydrogen) atoms. The zero-order valence-electron chi connectivity index (χ0n) is 10.1. The van der Waals surface area contributed by atoms with Crippen LogP contribution in [0, 0.1) is 18.8 Å². The second-order valence-electron chi connectivity index (χ2n) is 4.52. The van der Waals surface area contributed by atoms with Gasteiger partial charge in [-0.1, -0.05) is 13.0 Å². The summed E-state index contributed by atoms with van der Waals surface area (Å²) in [6.45, 7) is 5.46. The number of aryl methyl sites for hydroxylation is 1. The highest BCUT2D eigenvalue weighted by Crippen LogP contribution is 2.21. The summed E-state index contributed by atoms with van der Waals surface area (Å²) in [6.07, 6.45) is 0.963. The molecule has 0 heterocycles. The molecule has 1 aromatic rings. The Morgan fingerprint density at radius 2 is 1.88 bits per heavy atom. The molecule has 1 aromatic carbocycles. The lowest BCUT2D eigenvalue weighted by molar-refractivity contribution is 0.372. The van der Waals surface area contributed by atoms with E-state index in [0.29, 0.717) is 30.7 Å². The van der Waals surface area contributed by atoms with Gasteiger partial charge in [-0.2, -0.15) is 0 Å². The van der Waals surface area contributed by atoms with Gasteiger partial charge in [0.25, 0.3) is 0 Å². The standard InChI is InChI=1S/C13H22N2O/c1-9(12(7-14)8-15)5-11-3-4-13(16)6-10(11)2/h3-4,6,9,12,16H,5,7-8,14-15H2,1-2H3. The maximum Gasteiger partial charge on any atom is 0.115 e. The van der Waals surface area contributed by atoms with Crippen LogP contribution in [0.1, 0.15) is 18.1 Å². The number of phenols is 1. The quantitative estimate of drug-likeness (QED) is 0.705. The minimum absolute atomic E-state index is 0.322. The van der Waals surface area contributed by atoms with Crippen LogP contribution in [0.5, 0.6) is 5.75 Å². The van der Waals surface area contributed by atoms with Crippen molar-refractivity contribution < 1.29 is 5.11 Å². The molecule has 0 spiro atoms. The van der Waals surface area contributed by atoms with E-state index in [1.165, 1.54) is 5.56 Å². The number of aromatic hydroxyl groups is 1. The molecule has 0 saturated heterocycles. The van der Waals surface area contributed by atoms with E-state index in [0.717, 1.165) is 12.0 Å². The van der Waals surface area contributed by atoms with Crippen LogP contribution >= 0.6 is 0 Å². The van der Waals surface area contributed by atoms with E-state index in [1.54, 1.807) is 12.1 Å². The molecule has 0 amide bonds. The fraction of sp³-hybridized carbons (Fsp3) is 0.538. The molecule has 1 atom stereocenters.